The minimum atomic E-state index is -2.09. The number of hydrogen-bond donors (Lipinski definition) is 1. The molecule has 0 aliphatic rings. The van der Waals surface area contributed by atoms with Crippen molar-refractivity contribution in [2.45, 2.75) is 20.8 Å². The first-order chi connectivity index (χ1) is 11.0. The summed E-state index contributed by atoms with van der Waals surface area (Å²) in [5.74, 6) is 0. The van der Waals surface area contributed by atoms with Crippen LogP contribution in [0.4, 0.5) is 0 Å². The fourth-order valence-corrected chi connectivity index (χ4v) is 5.54. The number of benzene rings is 3. The number of nitrogens with two attached hydrogens (primary N) is 1. The Kier molecular flexibility index (Phi) is 4.35. The van der Waals surface area contributed by atoms with Crippen LogP contribution in [0.15, 0.2) is 72.8 Å². The Morgan fingerprint density at radius 1 is 0.478 bits per heavy atom. The minimum Gasteiger partial charge on any atom is -0.191 e. The maximum Gasteiger partial charge on any atom is 0.175 e. The van der Waals surface area contributed by atoms with Crippen molar-refractivity contribution in [1.29, 1.82) is 0 Å². The molecule has 0 unspecified atom stereocenters. The highest BCUT2D eigenvalue weighted by Crippen LogP contribution is 2.47. The lowest BCUT2D eigenvalue weighted by Crippen LogP contribution is -2.36. The van der Waals surface area contributed by atoms with E-state index < -0.39 is 7.41 Å². The van der Waals surface area contributed by atoms with Crippen LogP contribution in [-0.4, -0.2) is 0 Å². The normalized spacial score (nSPS) is 11.5. The first-order valence-corrected chi connectivity index (χ1v) is 9.75. The van der Waals surface area contributed by atoms with Crippen LogP contribution in [0, 0.1) is 20.8 Å². The van der Waals surface area contributed by atoms with Gasteiger partial charge >= 0.3 is 0 Å². The molecule has 0 aliphatic heterocycles. The third kappa shape index (κ3) is 3.08. The molecule has 0 aliphatic carbocycles. The largest absolute Gasteiger partial charge is 0.191 e. The van der Waals surface area contributed by atoms with Gasteiger partial charge in [-0.05, 0) is 57.2 Å². The lowest BCUT2D eigenvalue weighted by Gasteiger charge is -2.22. The van der Waals surface area contributed by atoms with Crippen LogP contribution in [0.5, 0.6) is 0 Å². The van der Waals surface area contributed by atoms with E-state index in [4.69, 9.17) is 5.50 Å². The SMILES string of the molecule is Cc1ccc([P+](N)(c2ccc(C)cc2)c2ccc(C)cc2)cc1. The van der Waals surface area contributed by atoms with Crippen LogP contribution in [0.1, 0.15) is 16.7 Å². The second kappa shape index (κ2) is 6.28. The standard InChI is InChI=1S/C21H23NP/c1-16-4-10-19(11-5-16)23(22,20-12-6-17(2)7-13-20)21-14-8-18(3)9-15-21/h4-15H,22H2,1-3H3/q+1. The smallest absolute Gasteiger partial charge is 0.175 e. The first-order valence-electron chi connectivity index (χ1n) is 7.89. The van der Waals surface area contributed by atoms with Crippen LogP contribution in [0.2, 0.25) is 0 Å². The lowest BCUT2D eigenvalue weighted by molar-refractivity contribution is 1.47. The Labute approximate surface area is 139 Å². The number of aryl methyl sites for hydroxylation is 3. The maximum atomic E-state index is 7.12. The van der Waals surface area contributed by atoms with E-state index in [0.29, 0.717) is 0 Å². The molecule has 0 radical (unpaired) electrons. The molecule has 3 aromatic rings. The average Bonchev–Trinajstić information content (AvgIpc) is 2.56. The lowest BCUT2D eigenvalue weighted by atomic mass is 10.2. The first kappa shape index (κ1) is 15.9. The van der Waals surface area contributed by atoms with Crippen molar-refractivity contribution in [2.24, 2.45) is 5.50 Å². The molecule has 0 fully saturated rings. The third-order valence-corrected chi connectivity index (χ3v) is 7.66. The monoisotopic (exact) mass is 320 g/mol. The van der Waals surface area contributed by atoms with Gasteiger partial charge in [-0.1, -0.05) is 53.1 Å². The van der Waals surface area contributed by atoms with Gasteiger partial charge in [0.1, 0.15) is 15.9 Å². The third-order valence-electron chi connectivity index (χ3n) is 4.32. The van der Waals surface area contributed by atoms with Gasteiger partial charge in [0.05, 0.1) is 0 Å². The zero-order chi connectivity index (χ0) is 16.4. The summed E-state index contributed by atoms with van der Waals surface area (Å²) in [6, 6.07) is 26.0. The van der Waals surface area contributed by atoms with Gasteiger partial charge in [0.2, 0.25) is 0 Å². The zero-order valence-electron chi connectivity index (χ0n) is 14.0. The molecule has 0 heterocycles. The van der Waals surface area contributed by atoms with E-state index in [-0.39, 0.29) is 0 Å². The Morgan fingerprint density at radius 3 is 0.913 bits per heavy atom. The molecule has 0 spiro atoms. The van der Waals surface area contributed by atoms with Gasteiger partial charge in [-0.3, -0.25) is 0 Å². The summed E-state index contributed by atoms with van der Waals surface area (Å²) in [7, 11) is -2.09. The summed E-state index contributed by atoms with van der Waals surface area (Å²) in [6.07, 6.45) is 0. The number of hydrogen-bond acceptors (Lipinski definition) is 1. The summed E-state index contributed by atoms with van der Waals surface area (Å²) in [5.41, 5.74) is 10.9. The molecule has 2 heteroatoms. The highest BCUT2D eigenvalue weighted by Gasteiger charge is 2.41. The predicted octanol–water partition coefficient (Wildman–Crippen LogP) is 3.78. The topological polar surface area (TPSA) is 26.0 Å². The summed E-state index contributed by atoms with van der Waals surface area (Å²) < 4.78 is 0. The van der Waals surface area contributed by atoms with Crippen LogP contribution >= 0.6 is 7.41 Å². The fourth-order valence-electron chi connectivity index (χ4n) is 2.79. The van der Waals surface area contributed by atoms with Crippen molar-refractivity contribution in [3.8, 4) is 0 Å². The van der Waals surface area contributed by atoms with Crippen molar-refractivity contribution in [2.75, 3.05) is 0 Å². The molecule has 0 bridgehead atoms. The van der Waals surface area contributed by atoms with Crippen LogP contribution in [0.3, 0.4) is 0 Å². The highest BCUT2D eigenvalue weighted by molar-refractivity contribution is 7.93. The molecular weight excluding hydrogens is 297 g/mol. The van der Waals surface area contributed by atoms with Crippen LogP contribution in [0.25, 0.3) is 0 Å². The summed E-state index contributed by atoms with van der Waals surface area (Å²) in [5, 5.41) is 3.66. The molecule has 2 N–H and O–H groups in total. The van der Waals surface area contributed by atoms with E-state index in [2.05, 4.69) is 93.6 Å². The number of rotatable bonds is 3. The zero-order valence-corrected chi connectivity index (χ0v) is 14.8. The Hall–Kier alpha value is -1.95. The van der Waals surface area contributed by atoms with E-state index in [9.17, 15) is 0 Å². The summed E-state index contributed by atoms with van der Waals surface area (Å²) in [4.78, 5) is 0. The van der Waals surface area contributed by atoms with Gasteiger partial charge in [-0.2, -0.15) is 5.50 Å². The van der Waals surface area contributed by atoms with E-state index in [1.807, 2.05) is 0 Å². The molecular formula is C21H23NP+. The molecule has 3 rings (SSSR count). The molecule has 116 valence electrons. The van der Waals surface area contributed by atoms with Crippen molar-refractivity contribution >= 4 is 23.3 Å². The predicted molar refractivity (Wildman–Crippen MR) is 104 cm³/mol. The molecule has 0 aromatic heterocycles. The van der Waals surface area contributed by atoms with Crippen molar-refractivity contribution < 1.29 is 0 Å². The fraction of sp³-hybridized carbons (Fsp3) is 0.143. The second-order valence-electron chi connectivity index (χ2n) is 6.23. The van der Waals surface area contributed by atoms with Gasteiger partial charge in [0, 0.05) is 0 Å². The van der Waals surface area contributed by atoms with Gasteiger partial charge in [-0.25, -0.2) is 0 Å². The summed E-state index contributed by atoms with van der Waals surface area (Å²) in [6.45, 7) is 6.33. The van der Waals surface area contributed by atoms with Crippen molar-refractivity contribution in [1.82, 2.24) is 0 Å². The van der Waals surface area contributed by atoms with E-state index >= 15 is 0 Å². The molecule has 0 atom stereocenters. The van der Waals surface area contributed by atoms with Crippen LogP contribution in [-0.2, 0) is 0 Å². The van der Waals surface area contributed by atoms with Crippen molar-refractivity contribution in [3.05, 3.63) is 89.5 Å². The van der Waals surface area contributed by atoms with Gasteiger partial charge in [0.15, 0.2) is 7.41 Å². The Bertz CT molecular complexity index is 676. The molecule has 1 nitrogen and oxygen atoms in total. The van der Waals surface area contributed by atoms with E-state index in [1.165, 1.54) is 32.6 Å². The van der Waals surface area contributed by atoms with E-state index in [1.54, 1.807) is 0 Å². The molecule has 3 aromatic carbocycles. The molecule has 0 amide bonds. The molecule has 0 saturated heterocycles. The van der Waals surface area contributed by atoms with Crippen molar-refractivity contribution in [3.63, 3.8) is 0 Å². The average molecular weight is 320 g/mol. The van der Waals surface area contributed by atoms with Gasteiger partial charge in [-0.15, -0.1) is 0 Å². The van der Waals surface area contributed by atoms with E-state index in [0.717, 1.165) is 0 Å². The summed E-state index contributed by atoms with van der Waals surface area (Å²) >= 11 is 0. The minimum absolute atomic E-state index is 1.22. The Morgan fingerprint density at radius 2 is 0.696 bits per heavy atom. The highest BCUT2D eigenvalue weighted by atomic mass is 31.2. The van der Waals surface area contributed by atoms with Gasteiger partial charge in [0.25, 0.3) is 0 Å². The second-order valence-corrected chi connectivity index (χ2v) is 9.22. The maximum absolute atomic E-state index is 7.12. The van der Waals surface area contributed by atoms with Crippen LogP contribution < -0.4 is 21.4 Å². The molecule has 0 saturated carbocycles. The quantitative estimate of drug-likeness (QED) is 0.730. The van der Waals surface area contributed by atoms with Gasteiger partial charge < -0.3 is 0 Å². The Balaban J connectivity index is 2.21. The molecule has 23 heavy (non-hydrogen) atoms.